The van der Waals surface area contributed by atoms with Crippen molar-refractivity contribution in [3.05, 3.63) is 0 Å². The summed E-state index contributed by atoms with van der Waals surface area (Å²) in [6.45, 7) is 7.27. The minimum Gasteiger partial charge on any atom is -0.330 e. The molecular weight excluding hydrogens is 260 g/mol. The second-order valence-electron chi connectivity index (χ2n) is 7.22. The average molecular weight is 290 g/mol. The van der Waals surface area contributed by atoms with Gasteiger partial charge in [0.2, 0.25) is 10.0 Å². The minimum atomic E-state index is -3.17. The molecule has 1 aliphatic carbocycles. The van der Waals surface area contributed by atoms with E-state index in [4.69, 9.17) is 5.73 Å². The van der Waals surface area contributed by atoms with Gasteiger partial charge in [0.25, 0.3) is 0 Å². The van der Waals surface area contributed by atoms with Crippen LogP contribution in [0.25, 0.3) is 0 Å². The summed E-state index contributed by atoms with van der Waals surface area (Å²) in [5.41, 5.74) is 5.92. The standard InChI is InChI=1S/C14H30N2O2S/c1-13(2,3)9-10-19(17,18)16-12-14(11-15)7-5-4-6-8-14/h16H,4-12,15H2,1-3H3. The first-order valence-electron chi connectivity index (χ1n) is 7.36. The van der Waals surface area contributed by atoms with Crippen LogP contribution in [0.15, 0.2) is 0 Å². The Bertz CT molecular complexity index is 365. The van der Waals surface area contributed by atoms with Gasteiger partial charge in [-0.25, -0.2) is 13.1 Å². The van der Waals surface area contributed by atoms with Crippen LogP contribution in [0.5, 0.6) is 0 Å². The molecule has 0 aromatic heterocycles. The Morgan fingerprint density at radius 1 is 1.16 bits per heavy atom. The lowest BCUT2D eigenvalue weighted by Gasteiger charge is -2.36. The summed E-state index contributed by atoms with van der Waals surface area (Å²) in [5.74, 6) is 0.206. The Labute approximate surface area is 118 Å². The van der Waals surface area contributed by atoms with Crippen molar-refractivity contribution in [3.8, 4) is 0 Å². The molecule has 0 unspecified atom stereocenters. The molecule has 3 N–H and O–H groups in total. The Morgan fingerprint density at radius 2 is 1.74 bits per heavy atom. The normalized spacial score (nSPS) is 20.4. The zero-order chi connectivity index (χ0) is 14.6. The fraction of sp³-hybridized carbons (Fsp3) is 1.00. The monoisotopic (exact) mass is 290 g/mol. The summed E-state index contributed by atoms with van der Waals surface area (Å²) < 4.78 is 26.8. The van der Waals surface area contributed by atoms with Gasteiger partial charge in [0.1, 0.15) is 0 Å². The molecule has 19 heavy (non-hydrogen) atoms. The van der Waals surface area contributed by atoms with Gasteiger partial charge < -0.3 is 5.73 Å². The minimum absolute atomic E-state index is 0.00689. The van der Waals surface area contributed by atoms with Crippen molar-refractivity contribution >= 4 is 10.0 Å². The molecule has 1 aliphatic rings. The topological polar surface area (TPSA) is 72.2 Å². The molecule has 5 heteroatoms. The maximum atomic E-state index is 12.0. The highest BCUT2D eigenvalue weighted by Gasteiger charge is 2.32. The van der Waals surface area contributed by atoms with Crippen molar-refractivity contribution in [2.75, 3.05) is 18.8 Å². The van der Waals surface area contributed by atoms with Crippen molar-refractivity contribution < 1.29 is 8.42 Å². The summed E-state index contributed by atoms with van der Waals surface area (Å²) in [4.78, 5) is 0. The van der Waals surface area contributed by atoms with Gasteiger partial charge in [-0.15, -0.1) is 0 Å². The second-order valence-corrected chi connectivity index (χ2v) is 9.14. The van der Waals surface area contributed by atoms with Crippen molar-refractivity contribution in [3.63, 3.8) is 0 Å². The molecule has 1 fully saturated rings. The molecule has 0 aliphatic heterocycles. The average Bonchev–Trinajstić information content (AvgIpc) is 2.35. The smallest absolute Gasteiger partial charge is 0.211 e. The van der Waals surface area contributed by atoms with Gasteiger partial charge in [-0.2, -0.15) is 0 Å². The molecule has 0 heterocycles. The van der Waals surface area contributed by atoms with Gasteiger partial charge in [-0.1, -0.05) is 40.0 Å². The van der Waals surface area contributed by atoms with Crippen LogP contribution in [-0.2, 0) is 10.0 Å². The molecule has 1 saturated carbocycles. The van der Waals surface area contributed by atoms with Crippen molar-refractivity contribution in [1.29, 1.82) is 0 Å². The van der Waals surface area contributed by atoms with E-state index in [2.05, 4.69) is 25.5 Å². The fourth-order valence-corrected chi connectivity index (χ4v) is 4.08. The lowest BCUT2D eigenvalue weighted by atomic mass is 9.74. The Morgan fingerprint density at radius 3 is 2.21 bits per heavy atom. The van der Waals surface area contributed by atoms with Crippen LogP contribution >= 0.6 is 0 Å². The number of hydrogen-bond donors (Lipinski definition) is 2. The third-order valence-corrected chi connectivity index (χ3v) is 5.46. The third-order valence-electron chi connectivity index (χ3n) is 4.14. The molecule has 1 rings (SSSR count). The molecule has 0 spiro atoms. The van der Waals surface area contributed by atoms with Gasteiger partial charge in [0, 0.05) is 6.54 Å². The van der Waals surface area contributed by atoms with E-state index in [9.17, 15) is 8.42 Å². The van der Waals surface area contributed by atoms with Crippen LogP contribution < -0.4 is 10.5 Å². The van der Waals surface area contributed by atoms with E-state index >= 15 is 0 Å². The fourth-order valence-electron chi connectivity index (χ4n) is 2.53. The number of sulfonamides is 1. The maximum Gasteiger partial charge on any atom is 0.211 e. The van der Waals surface area contributed by atoms with E-state index in [0.717, 1.165) is 12.8 Å². The van der Waals surface area contributed by atoms with Gasteiger partial charge in [-0.05, 0) is 36.6 Å². The van der Waals surface area contributed by atoms with E-state index < -0.39 is 10.0 Å². The van der Waals surface area contributed by atoms with Crippen LogP contribution in [-0.4, -0.2) is 27.3 Å². The molecule has 0 atom stereocenters. The van der Waals surface area contributed by atoms with E-state index in [1.165, 1.54) is 19.3 Å². The summed E-state index contributed by atoms with van der Waals surface area (Å²) in [5, 5.41) is 0. The zero-order valence-electron chi connectivity index (χ0n) is 12.7. The van der Waals surface area contributed by atoms with Gasteiger partial charge in [0.15, 0.2) is 0 Å². The summed E-state index contributed by atoms with van der Waals surface area (Å²) in [6, 6.07) is 0. The Kier molecular flexibility index (Phi) is 5.83. The Balaban J connectivity index is 2.49. The maximum absolute atomic E-state index is 12.0. The molecular formula is C14H30N2O2S. The van der Waals surface area contributed by atoms with Crippen LogP contribution in [0.1, 0.15) is 59.3 Å². The van der Waals surface area contributed by atoms with E-state index in [-0.39, 0.29) is 16.6 Å². The summed E-state index contributed by atoms with van der Waals surface area (Å²) in [7, 11) is -3.17. The van der Waals surface area contributed by atoms with Crippen LogP contribution in [0, 0.1) is 10.8 Å². The highest BCUT2D eigenvalue weighted by Crippen LogP contribution is 2.34. The van der Waals surface area contributed by atoms with Gasteiger partial charge >= 0.3 is 0 Å². The largest absolute Gasteiger partial charge is 0.330 e. The summed E-state index contributed by atoms with van der Waals surface area (Å²) in [6.07, 6.45) is 6.36. The quantitative estimate of drug-likeness (QED) is 0.788. The third kappa shape index (κ3) is 6.23. The van der Waals surface area contributed by atoms with Crippen LogP contribution in [0.3, 0.4) is 0 Å². The van der Waals surface area contributed by atoms with E-state index in [1.807, 2.05) is 0 Å². The van der Waals surface area contributed by atoms with Crippen LogP contribution in [0.2, 0.25) is 0 Å². The first kappa shape index (κ1) is 16.9. The Hall–Kier alpha value is -0.130. The van der Waals surface area contributed by atoms with Crippen LogP contribution in [0.4, 0.5) is 0 Å². The molecule has 0 aromatic rings. The first-order chi connectivity index (χ1) is 8.68. The summed E-state index contributed by atoms with van der Waals surface area (Å²) >= 11 is 0. The van der Waals surface area contributed by atoms with Crippen molar-refractivity contribution in [2.45, 2.75) is 59.3 Å². The lowest BCUT2D eigenvalue weighted by molar-refractivity contribution is 0.202. The molecule has 0 bridgehead atoms. The number of hydrogen-bond acceptors (Lipinski definition) is 3. The molecule has 114 valence electrons. The van der Waals surface area contributed by atoms with Crippen molar-refractivity contribution in [1.82, 2.24) is 4.72 Å². The highest BCUT2D eigenvalue weighted by molar-refractivity contribution is 7.89. The predicted octanol–water partition coefficient (Wildman–Crippen LogP) is 2.25. The SMILES string of the molecule is CC(C)(C)CCS(=O)(=O)NCC1(CN)CCCCC1. The molecule has 0 aromatic carbocycles. The molecule has 0 saturated heterocycles. The predicted molar refractivity (Wildman–Crippen MR) is 80.4 cm³/mol. The number of nitrogens with two attached hydrogens (primary N) is 1. The van der Waals surface area contributed by atoms with Gasteiger partial charge in [-0.3, -0.25) is 0 Å². The van der Waals surface area contributed by atoms with E-state index in [0.29, 0.717) is 19.5 Å². The molecule has 4 nitrogen and oxygen atoms in total. The molecule has 0 radical (unpaired) electrons. The number of rotatable bonds is 6. The second kappa shape index (κ2) is 6.55. The van der Waals surface area contributed by atoms with Gasteiger partial charge in [0.05, 0.1) is 5.75 Å². The zero-order valence-corrected chi connectivity index (χ0v) is 13.5. The first-order valence-corrected chi connectivity index (χ1v) is 9.01. The number of nitrogens with one attached hydrogen (secondary N) is 1. The highest BCUT2D eigenvalue weighted by atomic mass is 32.2. The van der Waals surface area contributed by atoms with E-state index in [1.54, 1.807) is 0 Å². The molecule has 0 amide bonds. The lowest BCUT2D eigenvalue weighted by Crippen LogP contribution is -2.44. The van der Waals surface area contributed by atoms with Crippen molar-refractivity contribution in [2.24, 2.45) is 16.6 Å².